The van der Waals surface area contributed by atoms with Crippen molar-refractivity contribution in [1.82, 2.24) is 10.7 Å². The predicted octanol–water partition coefficient (Wildman–Crippen LogP) is 4.86. The second-order valence-corrected chi connectivity index (χ2v) is 7.48. The van der Waals surface area contributed by atoms with E-state index in [2.05, 4.69) is 15.8 Å². The van der Waals surface area contributed by atoms with Crippen LogP contribution in [0.2, 0.25) is 5.02 Å². The molecular formula is C21H16ClN3O2S. The van der Waals surface area contributed by atoms with Crippen LogP contribution in [0.1, 0.15) is 11.3 Å². The summed E-state index contributed by atoms with van der Waals surface area (Å²) in [6.07, 6.45) is 1.71. The summed E-state index contributed by atoms with van der Waals surface area (Å²) in [5, 5.41) is 8.16. The van der Waals surface area contributed by atoms with Gasteiger partial charge < -0.3 is 9.84 Å². The Bertz CT molecular complexity index is 1040. The summed E-state index contributed by atoms with van der Waals surface area (Å²) in [6.45, 7) is 0.586. The first-order chi connectivity index (χ1) is 13.7. The van der Waals surface area contributed by atoms with Crippen LogP contribution < -0.4 is 10.7 Å². The first-order valence-corrected chi connectivity index (χ1v) is 9.78. The Hall–Kier alpha value is -2.96. The highest BCUT2D eigenvalue weighted by Gasteiger charge is 2.24. The molecular weight excluding hydrogens is 394 g/mol. The molecule has 3 aromatic rings. The summed E-state index contributed by atoms with van der Waals surface area (Å²) in [6, 6.07) is 21.0. The predicted molar refractivity (Wildman–Crippen MR) is 114 cm³/mol. The van der Waals surface area contributed by atoms with E-state index in [0.717, 1.165) is 11.1 Å². The molecule has 0 unspecified atom stereocenters. The molecule has 5 nitrogen and oxygen atoms in total. The topological polar surface area (TPSA) is 66.6 Å². The van der Waals surface area contributed by atoms with Crippen molar-refractivity contribution in [2.75, 3.05) is 0 Å². The van der Waals surface area contributed by atoms with E-state index in [1.54, 1.807) is 6.08 Å². The van der Waals surface area contributed by atoms with Gasteiger partial charge in [0, 0.05) is 16.7 Å². The van der Waals surface area contributed by atoms with Gasteiger partial charge in [-0.15, -0.1) is 0 Å². The highest BCUT2D eigenvalue weighted by Crippen LogP contribution is 2.29. The van der Waals surface area contributed by atoms with Gasteiger partial charge in [0.2, 0.25) is 0 Å². The molecule has 0 atom stereocenters. The molecule has 0 saturated carbocycles. The maximum absolute atomic E-state index is 12.2. The number of benzene rings is 2. The lowest BCUT2D eigenvalue weighted by atomic mass is 10.2. The monoisotopic (exact) mass is 409 g/mol. The number of nitrogens with zero attached hydrogens (tertiary/aromatic N) is 1. The van der Waals surface area contributed by atoms with Crippen LogP contribution in [0.3, 0.4) is 0 Å². The lowest BCUT2D eigenvalue weighted by Gasteiger charge is -2.01. The van der Waals surface area contributed by atoms with Crippen molar-refractivity contribution in [2.45, 2.75) is 6.54 Å². The van der Waals surface area contributed by atoms with Crippen LogP contribution in [0.25, 0.3) is 17.4 Å². The Labute approximate surface area is 171 Å². The maximum Gasteiger partial charge on any atom is 0.264 e. The van der Waals surface area contributed by atoms with Crippen molar-refractivity contribution in [3.63, 3.8) is 0 Å². The largest absolute Gasteiger partial charge is 0.457 e. The fourth-order valence-corrected chi connectivity index (χ4v) is 3.51. The van der Waals surface area contributed by atoms with E-state index in [1.165, 1.54) is 11.8 Å². The third-order valence-corrected chi connectivity index (χ3v) is 5.15. The van der Waals surface area contributed by atoms with E-state index >= 15 is 0 Å². The van der Waals surface area contributed by atoms with Crippen molar-refractivity contribution in [3.8, 4) is 11.3 Å². The van der Waals surface area contributed by atoms with E-state index in [0.29, 0.717) is 33.2 Å². The molecule has 1 amide bonds. The third kappa shape index (κ3) is 4.47. The fraction of sp³-hybridized carbons (Fsp3) is 0.0476. The summed E-state index contributed by atoms with van der Waals surface area (Å²) in [5.41, 5.74) is 5.00. The number of hydrogen-bond donors (Lipinski definition) is 2. The van der Waals surface area contributed by atoms with Crippen molar-refractivity contribution >= 4 is 40.5 Å². The minimum atomic E-state index is -0.199. The first-order valence-electron chi connectivity index (χ1n) is 8.58. The van der Waals surface area contributed by atoms with Gasteiger partial charge in [0.15, 0.2) is 5.17 Å². The van der Waals surface area contributed by atoms with E-state index in [9.17, 15) is 4.79 Å². The zero-order valence-electron chi connectivity index (χ0n) is 14.7. The van der Waals surface area contributed by atoms with Crippen molar-refractivity contribution < 1.29 is 9.21 Å². The summed E-state index contributed by atoms with van der Waals surface area (Å²) in [5.74, 6) is 1.11. The number of halogens is 1. The molecule has 0 bridgehead atoms. The van der Waals surface area contributed by atoms with E-state index in [1.807, 2.05) is 66.7 Å². The molecule has 1 aliphatic heterocycles. The minimum Gasteiger partial charge on any atom is -0.457 e. The highest BCUT2D eigenvalue weighted by molar-refractivity contribution is 8.18. The molecule has 2 heterocycles. The van der Waals surface area contributed by atoms with Crippen molar-refractivity contribution in [3.05, 3.63) is 88.0 Å². The van der Waals surface area contributed by atoms with Crippen LogP contribution in [-0.2, 0) is 11.3 Å². The average molecular weight is 410 g/mol. The lowest BCUT2D eigenvalue weighted by molar-refractivity contribution is -0.115. The van der Waals surface area contributed by atoms with Gasteiger partial charge in [-0.1, -0.05) is 41.9 Å². The van der Waals surface area contributed by atoms with Crippen LogP contribution in [-0.4, -0.2) is 11.1 Å². The normalized spacial score (nSPS) is 16.5. The van der Waals surface area contributed by atoms with E-state index < -0.39 is 0 Å². The molecule has 1 fully saturated rings. The third-order valence-electron chi connectivity index (χ3n) is 3.99. The van der Waals surface area contributed by atoms with E-state index in [-0.39, 0.29) is 5.91 Å². The Kier molecular flexibility index (Phi) is 5.50. The van der Waals surface area contributed by atoms with Gasteiger partial charge in [0.1, 0.15) is 11.5 Å². The van der Waals surface area contributed by atoms with Crippen LogP contribution in [0.15, 0.2) is 81.2 Å². The second kappa shape index (κ2) is 8.37. The summed E-state index contributed by atoms with van der Waals surface area (Å²) in [4.78, 5) is 12.7. The lowest BCUT2D eigenvalue weighted by Crippen LogP contribution is -2.22. The summed E-state index contributed by atoms with van der Waals surface area (Å²) >= 11 is 7.18. The number of furan rings is 1. The molecule has 0 aliphatic carbocycles. The Morgan fingerprint density at radius 3 is 2.64 bits per heavy atom. The maximum atomic E-state index is 12.2. The van der Waals surface area contributed by atoms with Gasteiger partial charge in [-0.05, 0) is 53.7 Å². The number of nitrogens with one attached hydrogen (secondary N) is 2. The van der Waals surface area contributed by atoms with Gasteiger partial charge in [-0.3, -0.25) is 10.1 Å². The number of amidine groups is 1. The Morgan fingerprint density at radius 1 is 1.07 bits per heavy atom. The van der Waals surface area contributed by atoms with Crippen LogP contribution in [0.4, 0.5) is 0 Å². The molecule has 2 aromatic carbocycles. The van der Waals surface area contributed by atoms with Gasteiger partial charge in [0.25, 0.3) is 5.91 Å². The number of carbonyl (C=O) groups excluding carboxylic acids is 1. The molecule has 140 valence electrons. The van der Waals surface area contributed by atoms with Crippen molar-refractivity contribution in [1.29, 1.82) is 0 Å². The zero-order valence-corrected chi connectivity index (χ0v) is 16.3. The quantitative estimate of drug-likeness (QED) is 0.466. The summed E-state index contributed by atoms with van der Waals surface area (Å²) in [7, 11) is 0. The average Bonchev–Trinajstić information content (AvgIpc) is 3.30. The van der Waals surface area contributed by atoms with Gasteiger partial charge >= 0.3 is 0 Å². The van der Waals surface area contributed by atoms with Crippen LogP contribution >= 0.6 is 23.4 Å². The SMILES string of the molecule is O=C1NC(=NNCc2ccccc2)SC1=Cc1ccc(-c2ccc(Cl)cc2)o1. The molecule has 2 N–H and O–H groups in total. The molecule has 28 heavy (non-hydrogen) atoms. The highest BCUT2D eigenvalue weighted by atomic mass is 35.5. The minimum absolute atomic E-state index is 0.199. The number of carbonyl (C=O) groups is 1. The number of rotatable bonds is 5. The zero-order chi connectivity index (χ0) is 19.3. The number of hydrogen-bond acceptors (Lipinski definition) is 5. The molecule has 1 aromatic heterocycles. The van der Waals surface area contributed by atoms with Gasteiger partial charge in [0.05, 0.1) is 11.4 Å². The number of hydrazone groups is 1. The summed E-state index contributed by atoms with van der Waals surface area (Å²) < 4.78 is 5.83. The smallest absolute Gasteiger partial charge is 0.264 e. The Balaban J connectivity index is 1.42. The number of amides is 1. The van der Waals surface area contributed by atoms with Crippen molar-refractivity contribution in [2.24, 2.45) is 5.10 Å². The molecule has 1 aliphatic rings. The van der Waals surface area contributed by atoms with Gasteiger partial charge in [-0.2, -0.15) is 5.10 Å². The molecule has 0 spiro atoms. The Morgan fingerprint density at radius 2 is 1.86 bits per heavy atom. The van der Waals surface area contributed by atoms with Crippen LogP contribution in [0.5, 0.6) is 0 Å². The van der Waals surface area contributed by atoms with E-state index in [4.69, 9.17) is 16.0 Å². The fourth-order valence-electron chi connectivity index (χ4n) is 2.61. The molecule has 7 heteroatoms. The van der Waals surface area contributed by atoms with Gasteiger partial charge in [-0.25, -0.2) is 0 Å². The molecule has 4 rings (SSSR count). The second-order valence-electron chi connectivity index (χ2n) is 6.01. The first kappa shape index (κ1) is 18.4. The standard InChI is InChI=1S/C21H16ClN3O2S/c22-16-8-6-15(7-9-16)18-11-10-17(27-18)12-19-20(26)24-21(28-19)25-23-13-14-4-2-1-3-5-14/h1-12,23H,13H2,(H,24,25,26). The molecule has 1 saturated heterocycles. The number of thioether (sulfide) groups is 1. The molecule has 0 radical (unpaired) electrons. The van der Waals surface area contributed by atoms with Crippen LogP contribution in [0, 0.1) is 0 Å².